The van der Waals surface area contributed by atoms with Crippen molar-refractivity contribution < 1.29 is 13.2 Å². The highest BCUT2D eigenvalue weighted by Crippen LogP contribution is 2.21. The van der Waals surface area contributed by atoms with Gasteiger partial charge in [-0.2, -0.15) is 0 Å². The molecule has 1 aromatic carbocycles. The monoisotopic (exact) mass is 338 g/mol. The first kappa shape index (κ1) is 16.7. The van der Waals surface area contributed by atoms with Gasteiger partial charge in [0.15, 0.2) is 0 Å². The summed E-state index contributed by atoms with van der Waals surface area (Å²) in [6.45, 7) is 1.70. The number of carbonyl (C=O) groups is 1. The summed E-state index contributed by atoms with van der Waals surface area (Å²) < 4.78 is 26.9. The number of hydrogen-bond donors (Lipinski definition) is 1. The molecule has 1 heterocycles. The fourth-order valence-corrected chi connectivity index (χ4v) is 4.15. The molecule has 1 amide bonds. The van der Waals surface area contributed by atoms with Gasteiger partial charge in [-0.15, -0.1) is 11.3 Å². The molecule has 0 fully saturated rings. The van der Waals surface area contributed by atoms with Gasteiger partial charge in [-0.05, 0) is 30.7 Å². The summed E-state index contributed by atoms with van der Waals surface area (Å²) in [4.78, 5) is 14.5. The Morgan fingerprint density at radius 2 is 1.86 bits per heavy atom. The predicted octanol–water partition coefficient (Wildman–Crippen LogP) is 2.25. The number of sulfonamides is 1. The maximum atomic E-state index is 12.2. The van der Waals surface area contributed by atoms with Crippen molar-refractivity contribution in [2.24, 2.45) is 0 Å². The number of para-hydroxylation sites is 1. The van der Waals surface area contributed by atoms with E-state index in [4.69, 9.17) is 0 Å². The van der Waals surface area contributed by atoms with Gasteiger partial charge >= 0.3 is 0 Å². The van der Waals surface area contributed by atoms with Gasteiger partial charge in [0.2, 0.25) is 5.91 Å². The quantitative estimate of drug-likeness (QED) is 0.878. The van der Waals surface area contributed by atoms with E-state index in [1.54, 1.807) is 31.3 Å². The lowest BCUT2D eigenvalue weighted by Crippen LogP contribution is -2.37. The minimum atomic E-state index is -3.64. The van der Waals surface area contributed by atoms with Gasteiger partial charge in [0.1, 0.15) is 4.21 Å². The second-order valence-electron chi connectivity index (χ2n) is 4.69. The van der Waals surface area contributed by atoms with Crippen LogP contribution in [0.5, 0.6) is 0 Å². The van der Waals surface area contributed by atoms with Gasteiger partial charge in [0.05, 0.1) is 6.54 Å². The highest BCUT2D eigenvalue weighted by molar-refractivity contribution is 7.91. The molecule has 5 nitrogen and oxygen atoms in total. The maximum Gasteiger partial charge on any atom is 0.250 e. The number of amides is 1. The Hall–Kier alpha value is -1.70. The van der Waals surface area contributed by atoms with Gasteiger partial charge in [-0.1, -0.05) is 25.1 Å². The second kappa shape index (κ2) is 7.04. The first-order valence-corrected chi connectivity index (χ1v) is 9.14. The van der Waals surface area contributed by atoms with Crippen LogP contribution in [0.3, 0.4) is 0 Å². The third-order valence-electron chi connectivity index (χ3n) is 3.18. The number of nitrogens with zero attached hydrogens (tertiary/aromatic N) is 1. The van der Waals surface area contributed by atoms with Crippen molar-refractivity contribution in [3.63, 3.8) is 0 Å². The zero-order chi connectivity index (χ0) is 16.2. The summed E-state index contributed by atoms with van der Waals surface area (Å²) in [5.74, 6) is -0.318. The van der Waals surface area contributed by atoms with E-state index in [-0.39, 0.29) is 16.7 Å². The van der Waals surface area contributed by atoms with E-state index < -0.39 is 10.0 Å². The van der Waals surface area contributed by atoms with Crippen LogP contribution in [-0.2, 0) is 21.2 Å². The summed E-state index contributed by atoms with van der Waals surface area (Å²) in [7, 11) is -2.02. The molecule has 0 bridgehead atoms. The highest BCUT2D eigenvalue weighted by Gasteiger charge is 2.19. The first-order valence-electron chi connectivity index (χ1n) is 6.84. The van der Waals surface area contributed by atoms with E-state index >= 15 is 0 Å². The smallest absolute Gasteiger partial charge is 0.250 e. The molecule has 0 saturated heterocycles. The Bertz CT molecular complexity index is 739. The molecule has 2 rings (SSSR count). The van der Waals surface area contributed by atoms with Crippen molar-refractivity contribution in [2.75, 3.05) is 18.5 Å². The molecule has 1 aromatic heterocycles. The summed E-state index contributed by atoms with van der Waals surface area (Å²) in [6, 6.07) is 12.4. The summed E-state index contributed by atoms with van der Waals surface area (Å²) in [6.07, 6.45) is 0.788. The SMILES string of the molecule is CCc1ccc(S(=O)(=O)NCC(=O)N(C)c2ccccc2)s1. The molecule has 0 radical (unpaired) electrons. The summed E-state index contributed by atoms with van der Waals surface area (Å²) in [5, 5.41) is 0. The van der Waals surface area contributed by atoms with E-state index in [1.165, 1.54) is 16.2 Å². The van der Waals surface area contributed by atoms with Crippen LogP contribution in [-0.4, -0.2) is 27.9 Å². The second-order valence-corrected chi connectivity index (χ2v) is 7.85. The van der Waals surface area contributed by atoms with Crippen molar-refractivity contribution in [2.45, 2.75) is 17.6 Å². The number of thiophene rings is 1. The molecule has 0 aliphatic rings. The Morgan fingerprint density at radius 3 is 2.45 bits per heavy atom. The highest BCUT2D eigenvalue weighted by atomic mass is 32.2. The lowest BCUT2D eigenvalue weighted by Gasteiger charge is -2.17. The van der Waals surface area contributed by atoms with E-state index in [1.807, 2.05) is 25.1 Å². The number of benzene rings is 1. The van der Waals surface area contributed by atoms with Crippen molar-refractivity contribution in [1.29, 1.82) is 0 Å². The van der Waals surface area contributed by atoms with E-state index in [2.05, 4.69) is 4.72 Å². The lowest BCUT2D eigenvalue weighted by molar-refractivity contribution is -0.117. The molecule has 0 saturated carbocycles. The standard InChI is InChI=1S/C15H18N2O3S2/c1-3-13-9-10-15(21-13)22(19,20)16-11-14(18)17(2)12-7-5-4-6-8-12/h4-10,16H,3,11H2,1-2H3. The molecule has 0 unspecified atom stereocenters. The number of rotatable bonds is 6. The Kier molecular flexibility index (Phi) is 5.33. The number of carbonyl (C=O) groups excluding carboxylic acids is 1. The average molecular weight is 338 g/mol. The van der Waals surface area contributed by atoms with Crippen LogP contribution in [0.1, 0.15) is 11.8 Å². The van der Waals surface area contributed by atoms with Gasteiger partial charge in [-0.25, -0.2) is 13.1 Å². The summed E-state index contributed by atoms with van der Waals surface area (Å²) in [5.41, 5.74) is 0.719. The van der Waals surface area contributed by atoms with E-state index in [9.17, 15) is 13.2 Å². The van der Waals surface area contributed by atoms with Crippen LogP contribution >= 0.6 is 11.3 Å². The Labute approximate surface area is 134 Å². The maximum absolute atomic E-state index is 12.2. The van der Waals surface area contributed by atoms with Crippen LogP contribution in [0.2, 0.25) is 0 Å². The average Bonchev–Trinajstić information content (AvgIpc) is 3.03. The van der Waals surface area contributed by atoms with Crippen molar-refractivity contribution in [1.82, 2.24) is 4.72 Å². The van der Waals surface area contributed by atoms with Crippen LogP contribution in [0, 0.1) is 0 Å². The van der Waals surface area contributed by atoms with Gasteiger partial charge < -0.3 is 4.90 Å². The molecule has 22 heavy (non-hydrogen) atoms. The van der Waals surface area contributed by atoms with Gasteiger partial charge in [-0.3, -0.25) is 4.79 Å². The number of likely N-dealkylation sites (N-methyl/N-ethyl adjacent to an activating group) is 1. The lowest BCUT2D eigenvalue weighted by atomic mass is 10.3. The van der Waals surface area contributed by atoms with Crippen molar-refractivity contribution >= 4 is 33.0 Å². The van der Waals surface area contributed by atoms with Crippen molar-refractivity contribution in [3.05, 3.63) is 47.3 Å². The molecule has 7 heteroatoms. The molecule has 118 valence electrons. The minimum Gasteiger partial charge on any atom is -0.314 e. The molecule has 1 N–H and O–H groups in total. The zero-order valence-electron chi connectivity index (χ0n) is 12.4. The number of hydrogen-bond acceptors (Lipinski definition) is 4. The third-order valence-corrected chi connectivity index (χ3v) is 6.30. The van der Waals surface area contributed by atoms with Crippen LogP contribution in [0.25, 0.3) is 0 Å². The zero-order valence-corrected chi connectivity index (χ0v) is 14.1. The number of nitrogens with one attached hydrogen (secondary N) is 1. The van der Waals surface area contributed by atoms with E-state index in [0.29, 0.717) is 0 Å². The predicted molar refractivity (Wildman–Crippen MR) is 88.7 cm³/mol. The van der Waals surface area contributed by atoms with Crippen LogP contribution < -0.4 is 9.62 Å². The molecular weight excluding hydrogens is 320 g/mol. The molecule has 2 aromatic rings. The van der Waals surface area contributed by atoms with Crippen molar-refractivity contribution in [3.8, 4) is 0 Å². The van der Waals surface area contributed by atoms with Crippen LogP contribution in [0.15, 0.2) is 46.7 Å². The molecule has 0 aliphatic heterocycles. The number of anilines is 1. The van der Waals surface area contributed by atoms with Gasteiger partial charge in [0.25, 0.3) is 10.0 Å². The molecule has 0 spiro atoms. The Morgan fingerprint density at radius 1 is 1.18 bits per heavy atom. The normalized spacial score (nSPS) is 11.4. The first-order chi connectivity index (χ1) is 10.4. The molecular formula is C15H18N2O3S2. The largest absolute Gasteiger partial charge is 0.314 e. The fraction of sp³-hybridized carbons (Fsp3) is 0.267. The fourth-order valence-electron chi connectivity index (χ4n) is 1.83. The summed E-state index contributed by atoms with van der Waals surface area (Å²) >= 11 is 1.22. The van der Waals surface area contributed by atoms with E-state index in [0.717, 1.165) is 17.0 Å². The topological polar surface area (TPSA) is 66.5 Å². The Balaban J connectivity index is 2.01. The minimum absolute atomic E-state index is 0.236. The third kappa shape index (κ3) is 3.94. The molecule has 0 aliphatic carbocycles. The van der Waals surface area contributed by atoms with Crippen LogP contribution in [0.4, 0.5) is 5.69 Å². The number of aryl methyl sites for hydroxylation is 1. The molecule has 0 atom stereocenters. The van der Waals surface area contributed by atoms with Gasteiger partial charge in [0, 0.05) is 17.6 Å².